The molecule has 0 aliphatic rings. The van der Waals surface area contributed by atoms with Crippen molar-refractivity contribution in [2.75, 3.05) is 25.0 Å². The number of halogens is 2. The minimum Gasteiger partial charge on any atom is -0.346 e. The van der Waals surface area contributed by atoms with Gasteiger partial charge in [0.05, 0.1) is 18.8 Å². The number of nitrogens with one attached hydrogen (secondary N) is 2. The van der Waals surface area contributed by atoms with Crippen LogP contribution in [0.3, 0.4) is 0 Å². The van der Waals surface area contributed by atoms with Gasteiger partial charge in [-0.2, -0.15) is 0 Å². The number of likely N-dealkylation sites (N-methyl/N-ethyl adjacent to an activating group) is 1. The van der Waals surface area contributed by atoms with E-state index in [1.54, 1.807) is 6.07 Å². The Morgan fingerprint density at radius 3 is 2.58 bits per heavy atom. The molecule has 0 saturated carbocycles. The quantitative estimate of drug-likeness (QED) is 0.661. The van der Waals surface area contributed by atoms with Gasteiger partial charge < -0.3 is 10.6 Å². The Morgan fingerprint density at radius 2 is 1.88 bits per heavy atom. The van der Waals surface area contributed by atoms with Gasteiger partial charge in [0.1, 0.15) is 0 Å². The van der Waals surface area contributed by atoms with Crippen molar-refractivity contribution in [3.8, 4) is 0 Å². The van der Waals surface area contributed by atoms with Gasteiger partial charge in [-0.25, -0.2) is 0 Å². The first-order valence-electron chi connectivity index (χ1n) is 8.25. The lowest BCUT2D eigenvalue weighted by Crippen LogP contribution is -2.40. The molecule has 0 aliphatic heterocycles. The van der Waals surface area contributed by atoms with Crippen molar-refractivity contribution in [1.29, 1.82) is 0 Å². The summed E-state index contributed by atoms with van der Waals surface area (Å²) < 4.78 is 0.790. The van der Waals surface area contributed by atoms with Crippen molar-refractivity contribution in [2.45, 2.75) is 13.5 Å². The molecule has 0 aromatic heterocycles. The first kappa shape index (κ1) is 20.4. The molecule has 26 heavy (non-hydrogen) atoms. The number of benzene rings is 2. The molecule has 7 heteroatoms. The van der Waals surface area contributed by atoms with Gasteiger partial charge >= 0.3 is 0 Å². The van der Waals surface area contributed by atoms with Gasteiger partial charge in [-0.15, -0.1) is 0 Å². The molecule has 2 amide bonds. The second kappa shape index (κ2) is 10.3. The molecule has 0 spiro atoms. The molecule has 2 aromatic carbocycles. The summed E-state index contributed by atoms with van der Waals surface area (Å²) in [5.74, 6) is -0.473. The Hall–Kier alpha value is -1.89. The number of nitrogens with zero attached hydrogens (tertiary/aromatic N) is 1. The van der Waals surface area contributed by atoms with Gasteiger partial charge in [-0.05, 0) is 52.3 Å². The Kier molecular flexibility index (Phi) is 8.09. The van der Waals surface area contributed by atoms with Crippen LogP contribution >= 0.6 is 27.5 Å². The molecule has 138 valence electrons. The van der Waals surface area contributed by atoms with Gasteiger partial charge in [0, 0.05) is 16.0 Å². The van der Waals surface area contributed by atoms with E-state index < -0.39 is 0 Å². The maximum atomic E-state index is 12.1. The van der Waals surface area contributed by atoms with Crippen LogP contribution in [0, 0.1) is 0 Å². The smallest absolute Gasteiger partial charge is 0.243 e. The Bertz CT molecular complexity index is 770. The van der Waals surface area contributed by atoms with Crippen molar-refractivity contribution in [3.63, 3.8) is 0 Å². The van der Waals surface area contributed by atoms with Crippen LogP contribution in [0.4, 0.5) is 5.69 Å². The molecular formula is C19H21BrClN3O2. The highest BCUT2D eigenvalue weighted by atomic mass is 79.9. The van der Waals surface area contributed by atoms with Crippen LogP contribution in [0.25, 0.3) is 0 Å². The minimum atomic E-state index is -0.275. The Morgan fingerprint density at radius 1 is 1.12 bits per heavy atom. The highest BCUT2D eigenvalue weighted by Gasteiger charge is 2.12. The first-order valence-corrected chi connectivity index (χ1v) is 9.43. The third-order valence-corrected chi connectivity index (χ3v) is 4.63. The average molecular weight is 439 g/mol. The Balaban J connectivity index is 1.79. The number of carbonyl (C=O) groups is 2. The third kappa shape index (κ3) is 6.78. The zero-order valence-corrected chi connectivity index (χ0v) is 16.8. The summed E-state index contributed by atoms with van der Waals surface area (Å²) in [5, 5.41) is 6.07. The molecule has 0 atom stereocenters. The van der Waals surface area contributed by atoms with Crippen molar-refractivity contribution in [1.82, 2.24) is 10.2 Å². The van der Waals surface area contributed by atoms with Gasteiger partial charge in [-0.1, -0.05) is 42.8 Å². The van der Waals surface area contributed by atoms with Crippen LogP contribution in [-0.4, -0.2) is 36.3 Å². The molecule has 0 saturated heterocycles. The summed E-state index contributed by atoms with van der Waals surface area (Å²) in [7, 11) is 0. The summed E-state index contributed by atoms with van der Waals surface area (Å²) in [6, 6.07) is 14.9. The summed E-state index contributed by atoms with van der Waals surface area (Å²) in [5.41, 5.74) is 1.71. The lowest BCUT2D eigenvalue weighted by Gasteiger charge is -2.20. The summed E-state index contributed by atoms with van der Waals surface area (Å²) in [6.07, 6.45) is 0. The molecule has 0 aliphatic carbocycles. The normalized spacial score (nSPS) is 10.6. The van der Waals surface area contributed by atoms with E-state index in [0.717, 1.165) is 10.0 Å². The summed E-state index contributed by atoms with van der Waals surface area (Å²) in [4.78, 5) is 26.1. The van der Waals surface area contributed by atoms with E-state index in [2.05, 4.69) is 26.6 Å². The predicted octanol–water partition coefficient (Wildman–Crippen LogP) is 3.68. The highest BCUT2D eigenvalue weighted by Crippen LogP contribution is 2.20. The predicted molar refractivity (Wildman–Crippen MR) is 108 cm³/mol. The first-order chi connectivity index (χ1) is 12.5. The zero-order valence-electron chi connectivity index (χ0n) is 14.5. The maximum absolute atomic E-state index is 12.1. The fraction of sp³-hybridized carbons (Fsp3) is 0.263. The van der Waals surface area contributed by atoms with Crippen molar-refractivity contribution >= 4 is 45.0 Å². The molecule has 0 radical (unpaired) electrons. The summed E-state index contributed by atoms with van der Waals surface area (Å²) >= 11 is 9.36. The lowest BCUT2D eigenvalue weighted by atomic mass is 10.2. The summed E-state index contributed by atoms with van der Waals surface area (Å²) in [6.45, 7) is 3.45. The molecule has 0 heterocycles. The van der Waals surface area contributed by atoms with E-state index >= 15 is 0 Å². The van der Waals surface area contributed by atoms with Crippen LogP contribution in [0.1, 0.15) is 12.5 Å². The number of carbonyl (C=O) groups excluding carboxylic acids is 2. The largest absolute Gasteiger partial charge is 0.346 e. The molecule has 2 N–H and O–H groups in total. The van der Waals surface area contributed by atoms with Crippen LogP contribution < -0.4 is 10.6 Å². The number of hydrogen-bond donors (Lipinski definition) is 2. The molecule has 5 nitrogen and oxygen atoms in total. The van der Waals surface area contributed by atoms with Crippen LogP contribution in [0.2, 0.25) is 5.02 Å². The average Bonchev–Trinajstić information content (AvgIpc) is 2.61. The lowest BCUT2D eigenvalue weighted by molar-refractivity contribution is -0.125. The highest BCUT2D eigenvalue weighted by molar-refractivity contribution is 9.10. The standard InChI is InChI=1S/C19H21BrClN3O2/c1-2-24(12-14-6-5-7-15(21)10-14)13-19(26)22-11-18(25)23-17-9-4-3-8-16(17)20/h3-10H,2,11-13H2,1H3,(H,22,26)(H,23,25). The second-order valence-electron chi connectivity index (χ2n) is 5.74. The van der Waals surface area contributed by atoms with Crippen molar-refractivity contribution < 1.29 is 9.59 Å². The van der Waals surface area contributed by atoms with Crippen LogP contribution in [-0.2, 0) is 16.1 Å². The van der Waals surface area contributed by atoms with E-state index in [1.807, 2.05) is 54.3 Å². The van der Waals surface area contributed by atoms with Crippen LogP contribution in [0.15, 0.2) is 53.0 Å². The fourth-order valence-corrected chi connectivity index (χ4v) is 2.96. The molecular weight excluding hydrogens is 418 g/mol. The number of rotatable bonds is 8. The second-order valence-corrected chi connectivity index (χ2v) is 7.03. The SMILES string of the molecule is CCN(CC(=O)NCC(=O)Nc1ccccc1Br)Cc1cccc(Cl)c1. The monoisotopic (exact) mass is 437 g/mol. The van der Waals surface area contributed by atoms with Gasteiger partial charge in [0.15, 0.2) is 0 Å². The van der Waals surface area contributed by atoms with Gasteiger partial charge in [0.2, 0.25) is 11.8 Å². The number of para-hydroxylation sites is 1. The minimum absolute atomic E-state index is 0.0745. The Labute approximate surface area is 166 Å². The third-order valence-electron chi connectivity index (χ3n) is 3.70. The van der Waals surface area contributed by atoms with Crippen LogP contribution in [0.5, 0.6) is 0 Å². The van der Waals surface area contributed by atoms with E-state index in [1.165, 1.54) is 0 Å². The molecule has 2 aromatic rings. The molecule has 2 rings (SSSR count). The van der Waals surface area contributed by atoms with Crippen molar-refractivity contribution in [2.24, 2.45) is 0 Å². The molecule has 0 bridgehead atoms. The number of hydrogen-bond acceptors (Lipinski definition) is 3. The molecule has 0 fully saturated rings. The van der Waals surface area contributed by atoms with E-state index in [4.69, 9.17) is 11.6 Å². The number of amides is 2. The van der Waals surface area contributed by atoms with Gasteiger partial charge in [-0.3, -0.25) is 14.5 Å². The number of anilines is 1. The van der Waals surface area contributed by atoms with Crippen molar-refractivity contribution in [3.05, 3.63) is 63.6 Å². The van der Waals surface area contributed by atoms with Gasteiger partial charge in [0.25, 0.3) is 0 Å². The molecule has 0 unspecified atom stereocenters. The zero-order chi connectivity index (χ0) is 18.9. The topological polar surface area (TPSA) is 61.4 Å². The van der Waals surface area contributed by atoms with E-state index in [9.17, 15) is 9.59 Å². The van der Waals surface area contributed by atoms with E-state index in [-0.39, 0.29) is 24.9 Å². The maximum Gasteiger partial charge on any atom is 0.243 e. The van der Waals surface area contributed by atoms with E-state index in [0.29, 0.717) is 23.8 Å². The fourth-order valence-electron chi connectivity index (χ4n) is 2.37.